The van der Waals surface area contributed by atoms with Gasteiger partial charge in [0, 0.05) is 36.8 Å². The van der Waals surface area contributed by atoms with Crippen LogP contribution in [0.15, 0.2) is 18.3 Å². The Balaban J connectivity index is 2.16. The normalized spacial score (nSPS) is 21.1. The Morgan fingerprint density at radius 3 is 3.25 bits per heavy atom. The van der Waals surface area contributed by atoms with Gasteiger partial charge in [0.05, 0.1) is 11.4 Å². The molecule has 1 saturated heterocycles. The van der Waals surface area contributed by atoms with E-state index in [4.69, 9.17) is 5.73 Å². The van der Waals surface area contributed by atoms with Crippen molar-refractivity contribution >= 4 is 17.4 Å². The van der Waals surface area contributed by atoms with Crippen LogP contribution in [0, 0.1) is 0 Å². The van der Waals surface area contributed by atoms with Crippen molar-refractivity contribution in [2.75, 3.05) is 23.7 Å². The van der Waals surface area contributed by atoms with Gasteiger partial charge in [-0.05, 0) is 18.6 Å². The topological polar surface area (TPSA) is 42.2 Å². The van der Waals surface area contributed by atoms with E-state index in [1.165, 1.54) is 17.9 Å². The zero-order valence-corrected chi connectivity index (χ0v) is 10.5. The van der Waals surface area contributed by atoms with E-state index in [1.807, 2.05) is 12.3 Å². The minimum absolute atomic E-state index is 0.524. The number of nitrogens with two attached hydrogens (primary N) is 1. The van der Waals surface area contributed by atoms with Crippen LogP contribution < -0.4 is 10.6 Å². The highest BCUT2D eigenvalue weighted by atomic mass is 32.2. The number of nitrogens with zero attached hydrogens (tertiary/aromatic N) is 2. The molecule has 0 bridgehead atoms. The third-order valence-electron chi connectivity index (χ3n) is 2.99. The molecule has 4 heteroatoms. The number of pyridine rings is 1. The van der Waals surface area contributed by atoms with Crippen LogP contribution in [0.25, 0.3) is 0 Å². The van der Waals surface area contributed by atoms with Gasteiger partial charge in [0.25, 0.3) is 0 Å². The van der Waals surface area contributed by atoms with Crippen molar-refractivity contribution in [3.63, 3.8) is 0 Å². The Hall–Kier alpha value is -0.740. The van der Waals surface area contributed by atoms with Gasteiger partial charge in [-0.3, -0.25) is 4.98 Å². The van der Waals surface area contributed by atoms with Gasteiger partial charge in [0.1, 0.15) is 0 Å². The lowest BCUT2D eigenvalue weighted by molar-refractivity contribution is 0.721. The first-order valence-electron chi connectivity index (χ1n) is 5.85. The molecule has 0 spiro atoms. The molecule has 0 saturated carbocycles. The van der Waals surface area contributed by atoms with Crippen molar-refractivity contribution in [1.29, 1.82) is 0 Å². The molecule has 1 atom stereocenters. The third-order valence-corrected chi connectivity index (χ3v) is 4.37. The fourth-order valence-corrected chi connectivity index (χ4v) is 3.24. The van der Waals surface area contributed by atoms with Crippen LogP contribution in [0.3, 0.4) is 0 Å². The lowest BCUT2D eigenvalue weighted by atomic mass is 10.2. The molecule has 1 fully saturated rings. The molecule has 0 aliphatic carbocycles. The molecule has 88 valence electrons. The maximum Gasteiger partial charge on any atom is 0.0772 e. The number of aromatic nitrogens is 1. The summed E-state index contributed by atoms with van der Waals surface area (Å²) in [6, 6.07) is 4.13. The van der Waals surface area contributed by atoms with Crippen LogP contribution in [0.2, 0.25) is 0 Å². The molecule has 1 unspecified atom stereocenters. The summed E-state index contributed by atoms with van der Waals surface area (Å²) in [7, 11) is 0. The van der Waals surface area contributed by atoms with Gasteiger partial charge in [-0.1, -0.05) is 6.92 Å². The van der Waals surface area contributed by atoms with Gasteiger partial charge >= 0.3 is 0 Å². The lowest BCUT2D eigenvalue weighted by Crippen LogP contribution is -2.38. The summed E-state index contributed by atoms with van der Waals surface area (Å²) >= 11 is 2.08. The summed E-state index contributed by atoms with van der Waals surface area (Å²) in [5.41, 5.74) is 7.97. The SMILES string of the molecule is CCC1CN(c2cccnc2CN)CCS1. The van der Waals surface area contributed by atoms with Gasteiger partial charge in [-0.2, -0.15) is 11.8 Å². The maximum absolute atomic E-state index is 5.73. The van der Waals surface area contributed by atoms with Crippen LogP contribution in [0.4, 0.5) is 5.69 Å². The first-order chi connectivity index (χ1) is 7.85. The van der Waals surface area contributed by atoms with Gasteiger partial charge in [0.2, 0.25) is 0 Å². The van der Waals surface area contributed by atoms with E-state index in [9.17, 15) is 0 Å². The molecule has 2 rings (SSSR count). The van der Waals surface area contributed by atoms with Gasteiger partial charge in [-0.15, -0.1) is 0 Å². The molecule has 0 radical (unpaired) electrons. The highest BCUT2D eigenvalue weighted by Crippen LogP contribution is 2.27. The predicted octanol–water partition coefficient (Wildman–Crippen LogP) is 1.87. The molecule has 1 aliphatic rings. The van der Waals surface area contributed by atoms with Crippen LogP contribution in [0.1, 0.15) is 19.0 Å². The van der Waals surface area contributed by atoms with Gasteiger partial charge in [-0.25, -0.2) is 0 Å². The van der Waals surface area contributed by atoms with Gasteiger partial charge in [0.15, 0.2) is 0 Å². The van der Waals surface area contributed by atoms with E-state index in [0.717, 1.165) is 24.0 Å². The predicted molar refractivity (Wildman–Crippen MR) is 70.9 cm³/mol. The van der Waals surface area contributed by atoms with E-state index in [0.29, 0.717) is 6.54 Å². The first kappa shape index (κ1) is 11.7. The maximum atomic E-state index is 5.73. The monoisotopic (exact) mass is 237 g/mol. The Morgan fingerprint density at radius 2 is 2.50 bits per heavy atom. The average molecular weight is 237 g/mol. The Bertz CT molecular complexity index is 343. The first-order valence-corrected chi connectivity index (χ1v) is 6.90. The standard InChI is InChI=1S/C12H19N3S/c1-2-10-9-15(6-7-16-10)12-4-3-5-14-11(12)8-13/h3-5,10H,2,6-9,13H2,1H3. The summed E-state index contributed by atoms with van der Waals surface area (Å²) in [6.45, 7) is 5.02. The zero-order valence-electron chi connectivity index (χ0n) is 9.72. The Kier molecular flexibility index (Phi) is 4.07. The molecule has 16 heavy (non-hydrogen) atoms. The van der Waals surface area contributed by atoms with Crippen LogP contribution in [0.5, 0.6) is 0 Å². The number of hydrogen-bond donors (Lipinski definition) is 1. The number of rotatable bonds is 3. The summed E-state index contributed by atoms with van der Waals surface area (Å²) in [4.78, 5) is 6.78. The molecule has 0 aromatic carbocycles. The Labute approximate surface area is 101 Å². The molecule has 2 N–H and O–H groups in total. The fraction of sp³-hybridized carbons (Fsp3) is 0.583. The van der Waals surface area contributed by atoms with Crippen molar-refractivity contribution in [2.24, 2.45) is 5.73 Å². The summed E-state index contributed by atoms with van der Waals surface area (Å²) in [5.74, 6) is 1.21. The van der Waals surface area contributed by atoms with Crippen molar-refractivity contribution in [2.45, 2.75) is 25.1 Å². The van der Waals surface area contributed by atoms with E-state index < -0.39 is 0 Å². The molecule has 1 aromatic rings. The van der Waals surface area contributed by atoms with E-state index in [1.54, 1.807) is 0 Å². The molecule has 1 aliphatic heterocycles. The summed E-state index contributed by atoms with van der Waals surface area (Å²) in [6.07, 6.45) is 3.06. The second kappa shape index (κ2) is 5.55. The van der Waals surface area contributed by atoms with Crippen molar-refractivity contribution in [3.8, 4) is 0 Å². The molecular formula is C12H19N3S. The van der Waals surface area contributed by atoms with Crippen molar-refractivity contribution in [3.05, 3.63) is 24.0 Å². The third kappa shape index (κ3) is 2.50. The molecule has 2 heterocycles. The smallest absolute Gasteiger partial charge is 0.0772 e. The summed E-state index contributed by atoms with van der Waals surface area (Å²) in [5, 5.41) is 0.750. The zero-order chi connectivity index (χ0) is 11.4. The largest absolute Gasteiger partial charge is 0.368 e. The fourth-order valence-electron chi connectivity index (χ4n) is 2.06. The highest BCUT2D eigenvalue weighted by Gasteiger charge is 2.20. The molecule has 1 aromatic heterocycles. The second-order valence-electron chi connectivity index (χ2n) is 4.02. The van der Waals surface area contributed by atoms with Crippen LogP contribution in [-0.2, 0) is 6.54 Å². The van der Waals surface area contributed by atoms with Crippen molar-refractivity contribution < 1.29 is 0 Å². The lowest BCUT2D eigenvalue weighted by Gasteiger charge is -2.34. The number of thioether (sulfide) groups is 1. The Morgan fingerprint density at radius 1 is 1.62 bits per heavy atom. The quantitative estimate of drug-likeness (QED) is 0.871. The minimum atomic E-state index is 0.524. The van der Waals surface area contributed by atoms with E-state index >= 15 is 0 Å². The number of anilines is 1. The van der Waals surface area contributed by atoms with Gasteiger partial charge < -0.3 is 10.6 Å². The molecule has 3 nitrogen and oxygen atoms in total. The van der Waals surface area contributed by atoms with Crippen LogP contribution in [-0.4, -0.2) is 29.1 Å². The molecular weight excluding hydrogens is 218 g/mol. The second-order valence-corrected chi connectivity index (χ2v) is 5.43. The van der Waals surface area contributed by atoms with Crippen LogP contribution >= 0.6 is 11.8 Å². The minimum Gasteiger partial charge on any atom is -0.368 e. The number of hydrogen-bond acceptors (Lipinski definition) is 4. The van der Waals surface area contributed by atoms with E-state index in [-0.39, 0.29) is 0 Å². The average Bonchev–Trinajstić information content (AvgIpc) is 2.38. The van der Waals surface area contributed by atoms with Crippen molar-refractivity contribution in [1.82, 2.24) is 4.98 Å². The summed E-state index contributed by atoms with van der Waals surface area (Å²) < 4.78 is 0. The highest BCUT2D eigenvalue weighted by molar-refractivity contribution is 8.00. The van der Waals surface area contributed by atoms with E-state index in [2.05, 4.69) is 34.6 Å². The molecule has 0 amide bonds.